The zero-order valence-corrected chi connectivity index (χ0v) is 12.2. The van der Waals surface area contributed by atoms with Crippen LogP contribution in [0.5, 0.6) is 5.75 Å². The molecule has 0 N–H and O–H groups in total. The van der Waals surface area contributed by atoms with Gasteiger partial charge in [-0.2, -0.15) is 0 Å². The zero-order chi connectivity index (χ0) is 14.9. The van der Waals surface area contributed by atoms with E-state index in [4.69, 9.17) is 4.74 Å². The van der Waals surface area contributed by atoms with Gasteiger partial charge in [0.1, 0.15) is 11.6 Å². The Labute approximate surface area is 123 Å². The monoisotopic (exact) mass is 306 g/mol. The van der Waals surface area contributed by atoms with E-state index in [9.17, 15) is 12.8 Å². The number of hydrogen-bond donors (Lipinski definition) is 0. The molecule has 2 aromatic carbocycles. The molecule has 0 atom stereocenters. The van der Waals surface area contributed by atoms with Crippen LogP contribution in [0.4, 0.5) is 4.39 Å². The van der Waals surface area contributed by atoms with Crippen molar-refractivity contribution in [2.75, 3.05) is 12.4 Å². The number of hydrogen-bond acceptors (Lipinski definition) is 3. The number of ether oxygens (including phenoxy) is 1. The number of aryl methyl sites for hydroxylation is 1. The molecule has 1 heterocycles. The first kappa shape index (κ1) is 14.1. The van der Waals surface area contributed by atoms with Gasteiger partial charge in [0.25, 0.3) is 0 Å². The summed E-state index contributed by atoms with van der Waals surface area (Å²) in [6.07, 6.45) is 1.27. The number of fused-ring (bicyclic) bond motifs is 1. The van der Waals surface area contributed by atoms with Crippen LogP contribution in [0.2, 0.25) is 0 Å². The molecule has 0 spiro atoms. The standard InChI is InChI=1S/C16H15FO3S/c17-14-2-1-3-15(11-14)21(18,19)9-7-12-4-5-16-13(10-12)6-8-20-16/h1-5,10-11H,6-9H2. The van der Waals surface area contributed by atoms with Crippen molar-refractivity contribution in [3.8, 4) is 5.75 Å². The van der Waals surface area contributed by atoms with Crippen molar-refractivity contribution < 1.29 is 17.5 Å². The van der Waals surface area contributed by atoms with Crippen LogP contribution in [0.3, 0.4) is 0 Å². The van der Waals surface area contributed by atoms with Crippen LogP contribution in [0.15, 0.2) is 47.4 Å². The van der Waals surface area contributed by atoms with Crippen LogP contribution >= 0.6 is 0 Å². The first-order valence-corrected chi connectivity index (χ1v) is 8.43. The highest BCUT2D eigenvalue weighted by Gasteiger charge is 2.17. The van der Waals surface area contributed by atoms with E-state index in [1.165, 1.54) is 18.2 Å². The summed E-state index contributed by atoms with van der Waals surface area (Å²) in [6.45, 7) is 0.681. The van der Waals surface area contributed by atoms with Crippen LogP contribution in [-0.4, -0.2) is 20.8 Å². The second-order valence-corrected chi connectivity index (χ2v) is 7.18. The summed E-state index contributed by atoms with van der Waals surface area (Å²) in [5.41, 5.74) is 2.08. The van der Waals surface area contributed by atoms with Gasteiger partial charge in [0.2, 0.25) is 0 Å². The van der Waals surface area contributed by atoms with Gasteiger partial charge in [-0.25, -0.2) is 12.8 Å². The Kier molecular flexibility index (Phi) is 3.68. The van der Waals surface area contributed by atoms with Gasteiger partial charge >= 0.3 is 0 Å². The van der Waals surface area contributed by atoms with E-state index in [1.807, 2.05) is 18.2 Å². The highest BCUT2D eigenvalue weighted by atomic mass is 32.2. The summed E-state index contributed by atoms with van der Waals surface area (Å²) in [6, 6.07) is 10.9. The summed E-state index contributed by atoms with van der Waals surface area (Å²) in [7, 11) is -3.47. The predicted octanol–water partition coefficient (Wildman–Crippen LogP) is 2.78. The van der Waals surface area contributed by atoms with E-state index >= 15 is 0 Å². The lowest BCUT2D eigenvalue weighted by Crippen LogP contribution is -2.09. The fourth-order valence-corrected chi connectivity index (χ4v) is 3.74. The van der Waals surface area contributed by atoms with Crippen LogP contribution < -0.4 is 4.74 Å². The minimum absolute atomic E-state index is 0.0316. The lowest BCUT2D eigenvalue weighted by molar-refractivity contribution is 0.357. The van der Waals surface area contributed by atoms with Crippen LogP contribution in [-0.2, 0) is 22.7 Å². The van der Waals surface area contributed by atoms with E-state index in [0.717, 1.165) is 29.4 Å². The first-order valence-electron chi connectivity index (χ1n) is 6.77. The number of halogens is 1. The van der Waals surface area contributed by atoms with Crippen molar-refractivity contribution >= 4 is 9.84 Å². The van der Waals surface area contributed by atoms with Gasteiger partial charge in [0, 0.05) is 6.42 Å². The highest BCUT2D eigenvalue weighted by molar-refractivity contribution is 7.91. The topological polar surface area (TPSA) is 43.4 Å². The van der Waals surface area contributed by atoms with Crippen molar-refractivity contribution in [2.24, 2.45) is 0 Å². The minimum Gasteiger partial charge on any atom is -0.493 e. The molecule has 5 heteroatoms. The molecule has 2 aromatic rings. The van der Waals surface area contributed by atoms with E-state index in [-0.39, 0.29) is 10.6 Å². The fraction of sp³-hybridized carbons (Fsp3) is 0.250. The molecule has 21 heavy (non-hydrogen) atoms. The Morgan fingerprint density at radius 3 is 2.81 bits per heavy atom. The molecule has 0 unspecified atom stereocenters. The van der Waals surface area contributed by atoms with E-state index in [1.54, 1.807) is 0 Å². The molecule has 0 aromatic heterocycles. The molecule has 0 saturated carbocycles. The van der Waals surface area contributed by atoms with Crippen molar-refractivity contribution in [1.82, 2.24) is 0 Å². The third kappa shape index (κ3) is 3.08. The first-order chi connectivity index (χ1) is 10.0. The smallest absolute Gasteiger partial charge is 0.178 e. The molecule has 1 aliphatic heterocycles. The van der Waals surface area contributed by atoms with Gasteiger partial charge < -0.3 is 4.74 Å². The molecular formula is C16H15FO3S. The lowest BCUT2D eigenvalue weighted by Gasteiger charge is -2.06. The predicted molar refractivity (Wildman–Crippen MR) is 77.8 cm³/mol. The fourth-order valence-electron chi connectivity index (χ4n) is 2.43. The Bertz CT molecular complexity index is 769. The van der Waals surface area contributed by atoms with Crippen molar-refractivity contribution in [2.45, 2.75) is 17.7 Å². The molecule has 0 amide bonds. The molecule has 0 bridgehead atoms. The Balaban J connectivity index is 1.75. The Morgan fingerprint density at radius 1 is 1.14 bits per heavy atom. The van der Waals surface area contributed by atoms with Crippen LogP contribution in [0, 0.1) is 5.82 Å². The Hall–Kier alpha value is -1.88. The molecule has 0 saturated heterocycles. The second-order valence-electron chi connectivity index (χ2n) is 5.07. The largest absolute Gasteiger partial charge is 0.493 e. The zero-order valence-electron chi connectivity index (χ0n) is 11.4. The summed E-state index contributed by atoms with van der Waals surface area (Å²) in [5, 5.41) is 0. The molecular weight excluding hydrogens is 291 g/mol. The minimum atomic E-state index is -3.47. The van der Waals surface area contributed by atoms with E-state index < -0.39 is 15.7 Å². The van der Waals surface area contributed by atoms with Gasteiger partial charge in [-0.1, -0.05) is 18.2 Å². The number of sulfone groups is 1. The second kappa shape index (κ2) is 5.48. The molecule has 3 nitrogen and oxygen atoms in total. The molecule has 0 fully saturated rings. The summed E-state index contributed by atoms with van der Waals surface area (Å²) in [4.78, 5) is 0.0343. The maximum absolute atomic E-state index is 13.1. The normalized spacial score (nSPS) is 13.8. The van der Waals surface area contributed by atoms with Gasteiger partial charge in [0.05, 0.1) is 17.3 Å². The van der Waals surface area contributed by atoms with E-state index in [0.29, 0.717) is 13.0 Å². The molecule has 110 valence electrons. The molecule has 1 aliphatic rings. The van der Waals surface area contributed by atoms with Crippen LogP contribution in [0.1, 0.15) is 11.1 Å². The average Bonchev–Trinajstić information content (AvgIpc) is 2.93. The van der Waals surface area contributed by atoms with E-state index in [2.05, 4.69) is 0 Å². The quantitative estimate of drug-likeness (QED) is 0.872. The Morgan fingerprint density at radius 2 is 2.00 bits per heavy atom. The van der Waals surface area contributed by atoms with Gasteiger partial charge in [-0.05, 0) is 41.8 Å². The third-order valence-electron chi connectivity index (χ3n) is 3.57. The summed E-state index contributed by atoms with van der Waals surface area (Å²) < 4.78 is 43.0. The SMILES string of the molecule is O=S(=O)(CCc1ccc2c(c1)CCO2)c1cccc(F)c1. The van der Waals surface area contributed by atoms with Crippen molar-refractivity contribution in [3.05, 3.63) is 59.4 Å². The highest BCUT2D eigenvalue weighted by Crippen LogP contribution is 2.26. The summed E-state index contributed by atoms with van der Waals surface area (Å²) >= 11 is 0. The van der Waals surface area contributed by atoms with Crippen molar-refractivity contribution in [1.29, 1.82) is 0 Å². The lowest BCUT2D eigenvalue weighted by atomic mass is 10.1. The maximum atomic E-state index is 13.1. The van der Waals surface area contributed by atoms with Crippen LogP contribution in [0.25, 0.3) is 0 Å². The number of benzene rings is 2. The van der Waals surface area contributed by atoms with Gasteiger partial charge in [-0.15, -0.1) is 0 Å². The molecule has 3 rings (SSSR count). The molecule has 0 radical (unpaired) electrons. The molecule has 0 aliphatic carbocycles. The number of rotatable bonds is 4. The van der Waals surface area contributed by atoms with Gasteiger partial charge in [-0.3, -0.25) is 0 Å². The van der Waals surface area contributed by atoms with Crippen molar-refractivity contribution in [3.63, 3.8) is 0 Å². The third-order valence-corrected chi connectivity index (χ3v) is 5.28. The summed E-state index contributed by atoms with van der Waals surface area (Å²) in [5.74, 6) is 0.313. The average molecular weight is 306 g/mol. The maximum Gasteiger partial charge on any atom is 0.178 e. The van der Waals surface area contributed by atoms with Gasteiger partial charge in [0.15, 0.2) is 9.84 Å².